The largest absolute Gasteiger partial charge is 0.330 e. The molecule has 0 fully saturated rings. The molecular formula is C37H53FN4S4. The van der Waals surface area contributed by atoms with Crippen molar-refractivity contribution in [2.45, 2.75) is 52.2 Å². The van der Waals surface area contributed by atoms with Gasteiger partial charge in [-0.15, -0.1) is 47.0 Å². The third-order valence-electron chi connectivity index (χ3n) is 5.79. The van der Waals surface area contributed by atoms with Crippen molar-refractivity contribution >= 4 is 47.0 Å². The SMILES string of the molecule is Cc1ccc(SCCCN)cc1.NCCCSc1ccc(F)cc1.NCCCSc1ccccc1.NCCCSc1ccccc1. The Balaban J connectivity index is 0.000000307. The Morgan fingerprint density at radius 2 is 0.696 bits per heavy atom. The molecule has 252 valence electrons. The monoisotopic (exact) mass is 700 g/mol. The van der Waals surface area contributed by atoms with Crippen molar-refractivity contribution in [1.29, 1.82) is 0 Å². The minimum atomic E-state index is -0.182. The number of rotatable bonds is 16. The van der Waals surface area contributed by atoms with Gasteiger partial charge in [0.15, 0.2) is 0 Å². The summed E-state index contributed by atoms with van der Waals surface area (Å²) in [6.07, 6.45) is 4.29. The van der Waals surface area contributed by atoms with E-state index >= 15 is 0 Å². The molecule has 0 saturated carbocycles. The summed E-state index contributed by atoms with van der Waals surface area (Å²) in [7, 11) is 0. The quantitative estimate of drug-likeness (QED) is 0.0679. The van der Waals surface area contributed by atoms with Crippen LogP contribution in [0.15, 0.2) is 129 Å². The summed E-state index contributed by atoms with van der Waals surface area (Å²) in [5.41, 5.74) is 22.8. The molecule has 46 heavy (non-hydrogen) atoms. The Bertz CT molecular complexity index is 1100. The van der Waals surface area contributed by atoms with Gasteiger partial charge in [-0.25, -0.2) is 4.39 Å². The van der Waals surface area contributed by atoms with E-state index in [4.69, 9.17) is 22.9 Å². The molecule has 4 rings (SSSR count). The molecule has 8 N–H and O–H groups in total. The fraction of sp³-hybridized carbons (Fsp3) is 0.351. The molecule has 0 aliphatic carbocycles. The number of nitrogens with two attached hydrogens (primary N) is 4. The molecular weight excluding hydrogens is 648 g/mol. The molecule has 0 atom stereocenters. The van der Waals surface area contributed by atoms with Gasteiger partial charge in [0, 0.05) is 19.6 Å². The average molecular weight is 701 g/mol. The van der Waals surface area contributed by atoms with Gasteiger partial charge < -0.3 is 22.9 Å². The van der Waals surface area contributed by atoms with Gasteiger partial charge in [-0.05, 0) is 142 Å². The molecule has 4 aromatic carbocycles. The number of hydrogen-bond donors (Lipinski definition) is 4. The van der Waals surface area contributed by atoms with E-state index in [1.54, 1.807) is 23.9 Å². The highest BCUT2D eigenvalue weighted by molar-refractivity contribution is 8.00. The molecule has 0 unspecified atom stereocenters. The number of benzene rings is 4. The lowest BCUT2D eigenvalue weighted by atomic mass is 10.2. The summed E-state index contributed by atoms with van der Waals surface area (Å²) in [4.78, 5) is 5.11. The summed E-state index contributed by atoms with van der Waals surface area (Å²) in [5.74, 6) is 4.20. The van der Waals surface area contributed by atoms with E-state index in [0.717, 1.165) is 73.2 Å². The van der Waals surface area contributed by atoms with E-state index in [9.17, 15) is 4.39 Å². The summed E-state index contributed by atoms with van der Waals surface area (Å²) in [6.45, 7) is 5.20. The Labute approximate surface area is 294 Å². The number of hydrogen-bond acceptors (Lipinski definition) is 8. The van der Waals surface area contributed by atoms with Crippen LogP contribution in [0, 0.1) is 12.7 Å². The molecule has 0 amide bonds. The highest BCUT2D eigenvalue weighted by Crippen LogP contribution is 2.20. The lowest BCUT2D eigenvalue weighted by Crippen LogP contribution is -1.99. The minimum Gasteiger partial charge on any atom is -0.330 e. The van der Waals surface area contributed by atoms with Crippen molar-refractivity contribution in [2.75, 3.05) is 49.2 Å². The molecule has 4 nitrogen and oxygen atoms in total. The van der Waals surface area contributed by atoms with Gasteiger partial charge in [-0.2, -0.15) is 0 Å². The number of thioether (sulfide) groups is 4. The Kier molecular flexibility index (Phi) is 27.8. The highest BCUT2D eigenvalue weighted by Gasteiger charge is 1.94. The first-order chi connectivity index (χ1) is 22.5. The van der Waals surface area contributed by atoms with Crippen LogP contribution in [0.5, 0.6) is 0 Å². The standard InChI is InChI=1S/C10H15NS.C9H12FNS.2C9H13NS/c1-9-3-5-10(6-4-9)12-8-2-7-11;10-8-2-4-9(5-3-8)12-7-1-6-11;2*10-7-4-8-11-9-5-2-1-3-6-9/h3-6H,2,7-8,11H2,1H3;2-5H,1,6-7,11H2;2*1-3,5-6H,4,7-8,10H2. The van der Waals surface area contributed by atoms with Crippen LogP contribution in [0.3, 0.4) is 0 Å². The van der Waals surface area contributed by atoms with Crippen LogP contribution in [0.2, 0.25) is 0 Å². The smallest absolute Gasteiger partial charge is 0.123 e. The van der Waals surface area contributed by atoms with Crippen molar-refractivity contribution in [2.24, 2.45) is 22.9 Å². The van der Waals surface area contributed by atoms with Gasteiger partial charge in [0.2, 0.25) is 0 Å². The first kappa shape index (κ1) is 42.1. The second kappa shape index (κ2) is 30.4. The summed E-state index contributed by atoms with van der Waals surface area (Å²) in [6, 6.07) is 36.0. The average Bonchev–Trinajstić information content (AvgIpc) is 3.09. The van der Waals surface area contributed by atoms with Crippen molar-refractivity contribution < 1.29 is 4.39 Å². The van der Waals surface area contributed by atoms with Gasteiger partial charge in [0.05, 0.1) is 0 Å². The topological polar surface area (TPSA) is 104 Å². The molecule has 9 heteroatoms. The summed E-state index contributed by atoms with van der Waals surface area (Å²) < 4.78 is 12.4. The van der Waals surface area contributed by atoms with Crippen LogP contribution < -0.4 is 22.9 Å². The summed E-state index contributed by atoms with van der Waals surface area (Å²) >= 11 is 7.31. The van der Waals surface area contributed by atoms with E-state index in [2.05, 4.69) is 79.7 Å². The molecule has 0 bridgehead atoms. The lowest BCUT2D eigenvalue weighted by Gasteiger charge is -2.00. The zero-order valence-electron chi connectivity index (χ0n) is 27.2. The zero-order chi connectivity index (χ0) is 33.5. The van der Waals surface area contributed by atoms with Crippen LogP contribution >= 0.6 is 47.0 Å². The fourth-order valence-corrected chi connectivity index (χ4v) is 6.84. The minimum absolute atomic E-state index is 0.182. The third-order valence-corrected chi connectivity index (χ3v) is 10.2. The first-order valence-corrected chi connectivity index (χ1v) is 19.7. The normalized spacial score (nSPS) is 10.0. The highest BCUT2D eigenvalue weighted by atomic mass is 32.2. The third kappa shape index (κ3) is 24.3. The van der Waals surface area contributed by atoms with Crippen LogP contribution in [-0.2, 0) is 0 Å². The van der Waals surface area contributed by atoms with Crippen molar-refractivity contribution in [1.82, 2.24) is 0 Å². The molecule has 0 spiro atoms. The van der Waals surface area contributed by atoms with Crippen LogP contribution in [0.4, 0.5) is 4.39 Å². The van der Waals surface area contributed by atoms with E-state index in [-0.39, 0.29) is 5.82 Å². The molecule has 0 aliphatic rings. The molecule has 0 aromatic heterocycles. The van der Waals surface area contributed by atoms with Gasteiger partial charge in [-0.3, -0.25) is 0 Å². The molecule has 0 aliphatic heterocycles. The Hall–Kier alpha value is -1.95. The Morgan fingerprint density at radius 1 is 0.413 bits per heavy atom. The van der Waals surface area contributed by atoms with E-state index in [0.29, 0.717) is 6.54 Å². The molecule has 0 radical (unpaired) electrons. The van der Waals surface area contributed by atoms with Crippen molar-refractivity contribution in [3.8, 4) is 0 Å². The second-order valence-electron chi connectivity index (χ2n) is 9.86. The van der Waals surface area contributed by atoms with E-state index in [1.807, 2.05) is 47.4 Å². The maximum Gasteiger partial charge on any atom is 0.123 e. The first-order valence-electron chi connectivity index (χ1n) is 15.8. The fourth-order valence-electron chi connectivity index (χ4n) is 3.29. The van der Waals surface area contributed by atoms with Crippen molar-refractivity contribution in [3.05, 3.63) is 121 Å². The number of halogens is 1. The predicted molar refractivity (Wildman–Crippen MR) is 208 cm³/mol. The van der Waals surface area contributed by atoms with Crippen LogP contribution in [-0.4, -0.2) is 49.2 Å². The second-order valence-corrected chi connectivity index (χ2v) is 14.5. The summed E-state index contributed by atoms with van der Waals surface area (Å²) in [5, 5.41) is 0. The maximum absolute atomic E-state index is 12.4. The van der Waals surface area contributed by atoms with Gasteiger partial charge in [0.1, 0.15) is 5.82 Å². The van der Waals surface area contributed by atoms with Crippen molar-refractivity contribution in [3.63, 3.8) is 0 Å². The molecule has 0 heterocycles. The van der Waals surface area contributed by atoms with Crippen LogP contribution in [0.1, 0.15) is 31.2 Å². The lowest BCUT2D eigenvalue weighted by molar-refractivity contribution is 0.626. The van der Waals surface area contributed by atoms with Crippen LogP contribution in [0.25, 0.3) is 0 Å². The van der Waals surface area contributed by atoms with E-state index in [1.165, 1.54) is 32.4 Å². The molecule has 4 aromatic rings. The zero-order valence-corrected chi connectivity index (χ0v) is 30.5. The van der Waals surface area contributed by atoms with Gasteiger partial charge in [0.25, 0.3) is 0 Å². The predicted octanol–water partition coefficient (Wildman–Crippen LogP) is 8.96. The van der Waals surface area contributed by atoms with Gasteiger partial charge >= 0.3 is 0 Å². The molecule has 0 saturated heterocycles. The Morgan fingerprint density at radius 3 is 1.00 bits per heavy atom. The maximum atomic E-state index is 12.4. The van der Waals surface area contributed by atoms with E-state index < -0.39 is 0 Å². The van der Waals surface area contributed by atoms with Gasteiger partial charge in [-0.1, -0.05) is 54.1 Å². The number of aryl methyl sites for hydroxylation is 1.